The van der Waals surface area contributed by atoms with Crippen LogP contribution in [0.4, 0.5) is 4.39 Å². The maximum absolute atomic E-state index is 14.2. The molecule has 0 atom stereocenters. The minimum atomic E-state index is -0.912. The number of aryl methyl sites for hydroxylation is 4. The molecule has 0 heterocycles. The number of hydrogen-bond donors (Lipinski definition) is 1. The van der Waals surface area contributed by atoms with Gasteiger partial charge < -0.3 is 5.11 Å². The monoisotopic (exact) mass is 300 g/mol. The highest BCUT2D eigenvalue weighted by molar-refractivity contribution is 5.73. The van der Waals surface area contributed by atoms with Crippen molar-refractivity contribution in [3.8, 4) is 11.1 Å². The summed E-state index contributed by atoms with van der Waals surface area (Å²) in [5.41, 5.74) is 6.59. The number of aliphatic carboxylic acids is 1. The summed E-state index contributed by atoms with van der Waals surface area (Å²) in [6, 6.07) is 7.78. The Labute approximate surface area is 130 Å². The number of carboxylic acid groups (broad SMARTS) is 1. The second-order valence-electron chi connectivity index (χ2n) is 5.86. The molecule has 0 aliphatic rings. The third-order valence-corrected chi connectivity index (χ3v) is 4.17. The van der Waals surface area contributed by atoms with E-state index in [2.05, 4.69) is 26.0 Å². The molecule has 3 heteroatoms. The number of benzene rings is 2. The first-order valence-electron chi connectivity index (χ1n) is 7.39. The molecular formula is C19H21FO2. The van der Waals surface area contributed by atoms with Crippen LogP contribution in [0.1, 0.15) is 34.2 Å². The van der Waals surface area contributed by atoms with Gasteiger partial charge in [-0.1, -0.05) is 12.1 Å². The predicted octanol–water partition coefficient (Wildman–Crippen LogP) is 4.74. The molecule has 0 amide bonds. The number of rotatable bonds is 4. The highest BCUT2D eigenvalue weighted by atomic mass is 19.1. The summed E-state index contributed by atoms with van der Waals surface area (Å²) < 4.78 is 14.2. The molecule has 0 aliphatic carbocycles. The highest BCUT2D eigenvalue weighted by Crippen LogP contribution is 2.32. The van der Waals surface area contributed by atoms with E-state index in [1.807, 2.05) is 13.0 Å². The summed E-state index contributed by atoms with van der Waals surface area (Å²) in [7, 11) is 0. The molecule has 0 unspecified atom stereocenters. The minimum Gasteiger partial charge on any atom is -0.481 e. The van der Waals surface area contributed by atoms with Gasteiger partial charge in [-0.15, -0.1) is 0 Å². The zero-order valence-corrected chi connectivity index (χ0v) is 13.5. The van der Waals surface area contributed by atoms with Gasteiger partial charge in [0.15, 0.2) is 0 Å². The molecule has 0 radical (unpaired) electrons. The standard InChI is InChI=1S/C19H21FO2/c1-11-5-6-12(2)18(14(11)4)16-9-13(3)19(20)15(10-16)7-8-17(21)22/h5-6,9-10H,7-8H2,1-4H3,(H,21,22). The fraction of sp³-hybridized carbons (Fsp3) is 0.316. The Morgan fingerprint density at radius 1 is 1.05 bits per heavy atom. The first-order chi connectivity index (χ1) is 10.3. The van der Waals surface area contributed by atoms with Crippen molar-refractivity contribution in [3.05, 3.63) is 57.9 Å². The van der Waals surface area contributed by atoms with Gasteiger partial charge in [-0.25, -0.2) is 4.39 Å². The van der Waals surface area contributed by atoms with Crippen LogP contribution in [0.3, 0.4) is 0 Å². The van der Waals surface area contributed by atoms with Crippen LogP contribution in [-0.2, 0) is 11.2 Å². The van der Waals surface area contributed by atoms with E-state index in [9.17, 15) is 9.18 Å². The molecule has 2 nitrogen and oxygen atoms in total. The quantitative estimate of drug-likeness (QED) is 0.885. The number of carboxylic acids is 1. The van der Waals surface area contributed by atoms with E-state index in [0.717, 1.165) is 16.7 Å². The Morgan fingerprint density at radius 3 is 2.32 bits per heavy atom. The van der Waals surface area contributed by atoms with Crippen molar-refractivity contribution < 1.29 is 14.3 Å². The zero-order valence-electron chi connectivity index (χ0n) is 13.5. The van der Waals surface area contributed by atoms with Crippen LogP contribution in [-0.4, -0.2) is 11.1 Å². The van der Waals surface area contributed by atoms with Crippen molar-refractivity contribution in [3.63, 3.8) is 0 Å². The first-order valence-corrected chi connectivity index (χ1v) is 7.39. The lowest BCUT2D eigenvalue weighted by Gasteiger charge is -2.15. The second kappa shape index (κ2) is 6.30. The van der Waals surface area contributed by atoms with Crippen molar-refractivity contribution in [2.24, 2.45) is 0 Å². The Morgan fingerprint density at radius 2 is 1.68 bits per heavy atom. The summed E-state index contributed by atoms with van der Waals surface area (Å²) in [6.45, 7) is 7.88. The molecular weight excluding hydrogens is 279 g/mol. The molecule has 2 rings (SSSR count). The highest BCUT2D eigenvalue weighted by Gasteiger charge is 2.14. The average Bonchev–Trinajstić information content (AvgIpc) is 2.45. The summed E-state index contributed by atoms with van der Waals surface area (Å²) in [4.78, 5) is 10.8. The van der Waals surface area contributed by atoms with Gasteiger partial charge in [0.2, 0.25) is 0 Å². The van der Waals surface area contributed by atoms with E-state index in [0.29, 0.717) is 11.1 Å². The molecule has 1 N–H and O–H groups in total. The summed E-state index contributed by atoms with van der Waals surface area (Å²) in [6.07, 6.45) is 0.144. The second-order valence-corrected chi connectivity index (χ2v) is 5.86. The van der Waals surface area contributed by atoms with Crippen molar-refractivity contribution in [1.82, 2.24) is 0 Å². The Kier molecular flexibility index (Phi) is 4.65. The SMILES string of the molecule is Cc1ccc(C)c(-c2cc(C)c(F)c(CCC(=O)O)c2)c1C. The lowest BCUT2D eigenvalue weighted by atomic mass is 9.90. The fourth-order valence-corrected chi connectivity index (χ4v) is 2.81. The molecule has 0 saturated carbocycles. The Balaban J connectivity index is 2.58. The van der Waals surface area contributed by atoms with E-state index < -0.39 is 5.97 Å². The van der Waals surface area contributed by atoms with E-state index >= 15 is 0 Å². The maximum Gasteiger partial charge on any atom is 0.303 e. The molecule has 2 aromatic carbocycles. The number of carbonyl (C=O) groups is 1. The van der Waals surface area contributed by atoms with Gasteiger partial charge in [0.05, 0.1) is 0 Å². The van der Waals surface area contributed by atoms with Crippen molar-refractivity contribution in [2.45, 2.75) is 40.5 Å². The maximum atomic E-state index is 14.2. The molecule has 0 spiro atoms. The largest absolute Gasteiger partial charge is 0.481 e. The number of halogens is 1. The molecule has 116 valence electrons. The van der Waals surface area contributed by atoms with Crippen molar-refractivity contribution in [2.75, 3.05) is 0 Å². The van der Waals surface area contributed by atoms with Crippen LogP contribution < -0.4 is 0 Å². The third kappa shape index (κ3) is 3.19. The van der Waals surface area contributed by atoms with Gasteiger partial charge in [0.1, 0.15) is 5.82 Å². The van der Waals surface area contributed by atoms with Gasteiger partial charge >= 0.3 is 5.97 Å². The lowest BCUT2D eigenvalue weighted by molar-refractivity contribution is -0.136. The molecule has 0 bridgehead atoms. The van der Waals surface area contributed by atoms with Gasteiger partial charge in [-0.05, 0) is 85.2 Å². The normalized spacial score (nSPS) is 10.8. The predicted molar refractivity (Wildman–Crippen MR) is 86.7 cm³/mol. The Hall–Kier alpha value is -2.16. The van der Waals surface area contributed by atoms with Crippen molar-refractivity contribution >= 4 is 5.97 Å². The lowest BCUT2D eigenvalue weighted by Crippen LogP contribution is -2.02. The van der Waals surface area contributed by atoms with Gasteiger partial charge in [-0.2, -0.15) is 0 Å². The molecule has 2 aromatic rings. The van der Waals surface area contributed by atoms with E-state index in [-0.39, 0.29) is 18.7 Å². The van der Waals surface area contributed by atoms with Crippen molar-refractivity contribution in [1.29, 1.82) is 0 Å². The first kappa shape index (κ1) is 16.2. The van der Waals surface area contributed by atoms with Crippen LogP contribution >= 0.6 is 0 Å². The van der Waals surface area contributed by atoms with Gasteiger partial charge in [0.25, 0.3) is 0 Å². The third-order valence-electron chi connectivity index (χ3n) is 4.17. The molecule has 0 aliphatic heterocycles. The fourth-order valence-electron chi connectivity index (χ4n) is 2.81. The zero-order chi connectivity index (χ0) is 16.4. The molecule has 0 aromatic heterocycles. The molecule has 22 heavy (non-hydrogen) atoms. The van der Waals surface area contributed by atoms with Gasteiger partial charge in [-0.3, -0.25) is 4.79 Å². The minimum absolute atomic E-state index is 0.0639. The topological polar surface area (TPSA) is 37.3 Å². The summed E-state index contributed by atoms with van der Waals surface area (Å²) in [5, 5.41) is 8.82. The molecule has 0 fully saturated rings. The van der Waals surface area contributed by atoms with Crippen LogP contribution in [0.5, 0.6) is 0 Å². The summed E-state index contributed by atoms with van der Waals surface area (Å²) in [5.74, 6) is -1.21. The van der Waals surface area contributed by atoms with Crippen LogP contribution in [0, 0.1) is 33.5 Å². The Bertz CT molecular complexity index is 733. The smallest absolute Gasteiger partial charge is 0.303 e. The average molecular weight is 300 g/mol. The van der Waals surface area contributed by atoms with Crippen LogP contribution in [0.25, 0.3) is 11.1 Å². The van der Waals surface area contributed by atoms with E-state index in [1.54, 1.807) is 13.0 Å². The van der Waals surface area contributed by atoms with Crippen LogP contribution in [0.15, 0.2) is 24.3 Å². The van der Waals surface area contributed by atoms with Crippen LogP contribution in [0.2, 0.25) is 0 Å². The van der Waals surface area contributed by atoms with Gasteiger partial charge in [0, 0.05) is 6.42 Å². The summed E-state index contributed by atoms with van der Waals surface area (Å²) >= 11 is 0. The van der Waals surface area contributed by atoms with E-state index in [4.69, 9.17) is 5.11 Å². The van der Waals surface area contributed by atoms with E-state index in [1.165, 1.54) is 11.1 Å². The molecule has 0 saturated heterocycles. The number of hydrogen-bond acceptors (Lipinski definition) is 1.